The number of ether oxygens (including phenoxy) is 2. The summed E-state index contributed by atoms with van der Waals surface area (Å²) in [6, 6.07) is 15.8. The van der Waals surface area contributed by atoms with Crippen LogP contribution in [0.5, 0.6) is 5.75 Å². The van der Waals surface area contributed by atoms with Crippen LogP contribution in [0.3, 0.4) is 0 Å². The van der Waals surface area contributed by atoms with Crippen molar-refractivity contribution in [2.24, 2.45) is 0 Å². The Hall–Kier alpha value is -3.16. The van der Waals surface area contributed by atoms with Crippen LogP contribution in [-0.4, -0.2) is 53.6 Å². The molecule has 1 fully saturated rings. The molecule has 1 amide bonds. The highest BCUT2D eigenvalue weighted by Gasteiger charge is 2.17. The summed E-state index contributed by atoms with van der Waals surface area (Å²) < 4.78 is 16.5. The van der Waals surface area contributed by atoms with Crippen LogP contribution in [0, 0.1) is 0 Å². The number of rotatable bonds is 9. The van der Waals surface area contributed by atoms with Gasteiger partial charge in [0.15, 0.2) is 6.61 Å². The van der Waals surface area contributed by atoms with Gasteiger partial charge in [0, 0.05) is 38.6 Å². The highest BCUT2D eigenvalue weighted by Crippen LogP contribution is 2.17. The summed E-state index contributed by atoms with van der Waals surface area (Å²) in [6.07, 6.45) is 5.36. The highest BCUT2D eigenvalue weighted by molar-refractivity contribution is 5.77. The number of pyridine rings is 1. The number of benzene rings is 1. The molecule has 1 aliphatic heterocycles. The lowest BCUT2D eigenvalue weighted by atomic mass is 10.2. The summed E-state index contributed by atoms with van der Waals surface area (Å²) in [5, 5.41) is 0. The monoisotopic (exact) mass is 421 g/mol. The molecule has 0 aliphatic carbocycles. The minimum absolute atomic E-state index is 0.00605. The minimum Gasteiger partial charge on any atom is -0.484 e. The fourth-order valence-electron chi connectivity index (χ4n) is 3.54. The van der Waals surface area contributed by atoms with Crippen LogP contribution < -0.4 is 4.74 Å². The molecule has 1 aromatic carbocycles. The number of hydrogen-bond acceptors (Lipinski definition) is 6. The zero-order chi connectivity index (χ0) is 21.3. The molecule has 3 heterocycles. The average molecular weight is 421 g/mol. The van der Waals surface area contributed by atoms with Gasteiger partial charge in [-0.3, -0.25) is 14.7 Å². The molecule has 0 unspecified atom stereocenters. The van der Waals surface area contributed by atoms with Gasteiger partial charge in [-0.05, 0) is 41.5 Å². The van der Waals surface area contributed by atoms with Gasteiger partial charge >= 0.3 is 0 Å². The molecule has 0 atom stereocenters. The fourth-order valence-corrected chi connectivity index (χ4v) is 3.54. The van der Waals surface area contributed by atoms with Crippen molar-refractivity contribution in [1.29, 1.82) is 0 Å². The van der Waals surface area contributed by atoms with E-state index in [0.717, 1.165) is 30.0 Å². The van der Waals surface area contributed by atoms with Crippen LogP contribution in [0.15, 0.2) is 71.6 Å². The number of amides is 1. The fraction of sp³-hybridized carbons (Fsp3) is 0.333. The Morgan fingerprint density at radius 3 is 2.52 bits per heavy atom. The molecule has 0 N–H and O–H groups in total. The Morgan fingerprint density at radius 1 is 1.00 bits per heavy atom. The van der Waals surface area contributed by atoms with Gasteiger partial charge < -0.3 is 18.8 Å². The SMILES string of the molecule is O=C(COc1ccc(CN(Cc2cccnc2)Cc2ccco2)cc1)N1CCOCC1. The van der Waals surface area contributed by atoms with Crippen molar-refractivity contribution in [3.63, 3.8) is 0 Å². The van der Waals surface area contributed by atoms with E-state index in [1.807, 2.05) is 48.7 Å². The second kappa shape index (κ2) is 10.7. The molecule has 162 valence electrons. The predicted octanol–water partition coefficient (Wildman–Crippen LogP) is 3.11. The quantitative estimate of drug-likeness (QED) is 0.529. The van der Waals surface area contributed by atoms with Crippen molar-refractivity contribution in [3.8, 4) is 5.75 Å². The summed E-state index contributed by atoms with van der Waals surface area (Å²) in [6.45, 7) is 4.71. The zero-order valence-electron chi connectivity index (χ0n) is 17.5. The number of carbonyl (C=O) groups excluding carboxylic acids is 1. The Kier molecular flexibility index (Phi) is 7.31. The number of aromatic nitrogens is 1. The van der Waals surface area contributed by atoms with Crippen LogP contribution in [0.1, 0.15) is 16.9 Å². The molecule has 3 aromatic rings. The van der Waals surface area contributed by atoms with E-state index in [2.05, 4.69) is 16.0 Å². The Morgan fingerprint density at radius 2 is 1.81 bits per heavy atom. The zero-order valence-corrected chi connectivity index (χ0v) is 17.5. The molecule has 7 heteroatoms. The van der Waals surface area contributed by atoms with Gasteiger partial charge in [0.1, 0.15) is 11.5 Å². The molecule has 4 rings (SSSR count). The minimum atomic E-state index is -0.00605. The van der Waals surface area contributed by atoms with E-state index in [9.17, 15) is 4.79 Å². The third kappa shape index (κ3) is 6.41. The number of morpholine rings is 1. The summed E-state index contributed by atoms with van der Waals surface area (Å²) in [5.41, 5.74) is 2.30. The van der Waals surface area contributed by atoms with Gasteiger partial charge in [0.25, 0.3) is 5.91 Å². The van der Waals surface area contributed by atoms with Crippen molar-refractivity contribution in [2.45, 2.75) is 19.6 Å². The van der Waals surface area contributed by atoms with Crippen LogP contribution in [-0.2, 0) is 29.2 Å². The maximum Gasteiger partial charge on any atom is 0.260 e. The molecule has 0 radical (unpaired) electrons. The lowest BCUT2D eigenvalue weighted by Gasteiger charge is -2.26. The van der Waals surface area contributed by atoms with Gasteiger partial charge in [0.05, 0.1) is 26.0 Å². The second-order valence-electron chi connectivity index (χ2n) is 7.51. The smallest absolute Gasteiger partial charge is 0.260 e. The van der Waals surface area contributed by atoms with Gasteiger partial charge in [-0.25, -0.2) is 0 Å². The van der Waals surface area contributed by atoms with Crippen LogP contribution in [0.4, 0.5) is 0 Å². The average Bonchev–Trinajstić information content (AvgIpc) is 3.33. The number of furan rings is 1. The standard InChI is InChI=1S/C24H27N3O4/c28-24(27-10-13-29-14-11-27)19-31-22-7-5-20(6-8-22)16-26(18-23-4-2-12-30-23)17-21-3-1-9-25-15-21/h1-9,12,15H,10-11,13-14,16-19H2. The maximum atomic E-state index is 12.2. The summed E-state index contributed by atoms with van der Waals surface area (Å²) in [7, 11) is 0. The Balaban J connectivity index is 1.34. The first-order chi connectivity index (χ1) is 15.3. The van der Waals surface area contributed by atoms with Crippen molar-refractivity contribution >= 4 is 5.91 Å². The molecular weight excluding hydrogens is 394 g/mol. The molecule has 31 heavy (non-hydrogen) atoms. The van der Waals surface area contributed by atoms with E-state index in [-0.39, 0.29) is 12.5 Å². The highest BCUT2D eigenvalue weighted by atomic mass is 16.5. The van der Waals surface area contributed by atoms with Crippen LogP contribution in [0.2, 0.25) is 0 Å². The molecule has 7 nitrogen and oxygen atoms in total. The van der Waals surface area contributed by atoms with Gasteiger partial charge in [-0.2, -0.15) is 0 Å². The van der Waals surface area contributed by atoms with Gasteiger partial charge in [0.2, 0.25) is 0 Å². The van der Waals surface area contributed by atoms with Crippen LogP contribution >= 0.6 is 0 Å². The predicted molar refractivity (Wildman–Crippen MR) is 115 cm³/mol. The second-order valence-corrected chi connectivity index (χ2v) is 7.51. The lowest BCUT2D eigenvalue weighted by Crippen LogP contribution is -2.42. The van der Waals surface area contributed by atoms with Crippen LogP contribution in [0.25, 0.3) is 0 Å². The van der Waals surface area contributed by atoms with E-state index in [4.69, 9.17) is 13.9 Å². The molecule has 1 saturated heterocycles. The first-order valence-electron chi connectivity index (χ1n) is 10.5. The molecule has 0 bridgehead atoms. The topological polar surface area (TPSA) is 68.0 Å². The molecule has 0 spiro atoms. The Labute approximate surface area is 182 Å². The summed E-state index contributed by atoms with van der Waals surface area (Å²) in [4.78, 5) is 20.5. The number of nitrogens with zero attached hydrogens (tertiary/aromatic N) is 3. The third-order valence-electron chi connectivity index (χ3n) is 5.14. The van der Waals surface area contributed by atoms with E-state index < -0.39 is 0 Å². The Bertz CT molecular complexity index is 923. The number of hydrogen-bond donors (Lipinski definition) is 0. The number of carbonyl (C=O) groups is 1. The summed E-state index contributed by atoms with van der Waals surface area (Å²) >= 11 is 0. The molecular formula is C24H27N3O4. The van der Waals surface area contributed by atoms with E-state index in [1.165, 1.54) is 0 Å². The third-order valence-corrected chi connectivity index (χ3v) is 5.14. The van der Waals surface area contributed by atoms with Crippen molar-refractivity contribution < 1.29 is 18.7 Å². The van der Waals surface area contributed by atoms with Crippen molar-refractivity contribution in [2.75, 3.05) is 32.9 Å². The summed E-state index contributed by atoms with van der Waals surface area (Å²) in [5.74, 6) is 1.61. The first-order valence-corrected chi connectivity index (χ1v) is 10.5. The largest absolute Gasteiger partial charge is 0.484 e. The lowest BCUT2D eigenvalue weighted by molar-refractivity contribution is -0.137. The van der Waals surface area contributed by atoms with E-state index in [1.54, 1.807) is 17.4 Å². The molecule has 2 aromatic heterocycles. The maximum absolute atomic E-state index is 12.2. The van der Waals surface area contributed by atoms with E-state index >= 15 is 0 Å². The molecule has 0 saturated carbocycles. The van der Waals surface area contributed by atoms with E-state index in [0.29, 0.717) is 38.6 Å². The van der Waals surface area contributed by atoms with Gasteiger partial charge in [-0.15, -0.1) is 0 Å². The first kappa shape index (κ1) is 21.1. The van der Waals surface area contributed by atoms with Gasteiger partial charge in [-0.1, -0.05) is 18.2 Å². The van der Waals surface area contributed by atoms with Crippen molar-refractivity contribution in [3.05, 3.63) is 84.1 Å². The van der Waals surface area contributed by atoms with Crippen molar-refractivity contribution in [1.82, 2.24) is 14.8 Å². The molecule has 1 aliphatic rings. The normalized spacial score (nSPS) is 14.0.